The normalized spacial score (nSPS) is 22.8. The molecule has 10 nitrogen and oxygen atoms in total. The first-order valence-electron chi connectivity index (χ1n) is 10.7. The number of Topliss-reactive ketones (excluding diaryl/α,β-unsaturated/α-hetero) is 1. The highest BCUT2D eigenvalue weighted by Crippen LogP contribution is 2.45. The first-order valence-corrected chi connectivity index (χ1v) is 10.7. The second-order valence-corrected chi connectivity index (χ2v) is 8.20. The quantitative estimate of drug-likeness (QED) is 0.374. The molecule has 3 aromatic rings. The van der Waals surface area contributed by atoms with Crippen molar-refractivity contribution in [2.45, 2.75) is 24.4 Å². The molecule has 0 fully saturated rings. The molecular formula is C25H22O10. The van der Waals surface area contributed by atoms with Gasteiger partial charge in [-0.3, -0.25) is 4.79 Å². The lowest BCUT2D eigenvalue weighted by Crippen LogP contribution is -2.37. The Hall–Kier alpha value is -4.15. The zero-order chi connectivity index (χ0) is 24.9. The van der Waals surface area contributed by atoms with Crippen molar-refractivity contribution >= 4 is 5.78 Å². The third-order valence-corrected chi connectivity index (χ3v) is 6.00. The molecule has 0 bridgehead atoms. The lowest BCUT2D eigenvalue weighted by atomic mass is 9.92. The number of benzene rings is 3. The highest BCUT2D eigenvalue weighted by atomic mass is 16.6. The summed E-state index contributed by atoms with van der Waals surface area (Å²) in [4.78, 5) is 12.7. The number of aromatic hydroxyl groups is 3. The van der Waals surface area contributed by atoms with E-state index in [1.165, 1.54) is 19.2 Å². The number of hydrogen-bond acceptors (Lipinski definition) is 10. The molecule has 2 heterocycles. The molecule has 35 heavy (non-hydrogen) atoms. The van der Waals surface area contributed by atoms with E-state index in [2.05, 4.69) is 0 Å². The maximum absolute atomic E-state index is 12.7. The molecule has 3 unspecified atom stereocenters. The smallest absolute Gasteiger partial charge is 0.202 e. The summed E-state index contributed by atoms with van der Waals surface area (Å²) in [5.74, 6) is -0.823. The van der Waals surface area contributed by atoms with E-state index < -0.39 is 35.9 Å². The summed E-state index contributed by atoms with van der Waals surface area (Å²) in [6.07, 6.45) is -4.28. The fourth-order valence-corrected chi connectivity index (χ4v) is 4.28. The van der Waals surface area contributed by atoms with E-state index in [0.29, 0.717) is 16.9 Å². The van der Waals surface area contributed by atoms with Gasteiger partial charge in [0, 0.05) is 17.7 Å². The number of ether oxygens (including phenoxy) is 4. The van der Waals surface area contributed by atoms with Crippen molar-refractivity contribution in [3.05, 3.63) is 65.2 Å². The average Bonchev–Trinajstić information content (AvgIpc) is 2.85. The third-order valence-electron chi connectivity index (χ3n) is 6.00. The SMILES string of the molecule is COc1cc(C2Oc3cc([C@H]4Oc5cc(O)cc(O)c5C(=O)C4O)ccc3OC2CO)ccc1O. The van der Waals surface area contributed by atoms with Crippen LogP contribution in [-0.4, -0.2) is 57.2 Å². The maximum atomic E-state index is 12.7. The summed E-state index contributed by atoms with van der Waals surface area (Å²) in [6.45, 7) is -0.349. The van der Waals surface area contributed by atoms with Gasteiger partial charge in [0.05, 0.1) is 13.7 Å². The van der Waals surface area contributed by atoms with Crippen LogP contribution in [0.15, 0.2) is 48.5 Å². The predicted octanol–water partition coefficient (Wildman–Crippen LogP) is 2.36. The van der Waals surface area contributed by atoms with Gasteiger partial charge in [0.1, 0.15) is 22.8 Å². The minimum absolute atomic E-state index is 0.0540. The number of phenols is 3. The second-order valence-electron chi connectivity index (χ2n) is 8.20. The van der Waals surface area contributed by atoms with Crippen LogP contribution in [0.5, 0.6) is 40.2 Å². The number of ketones is 1. The Bertz CT molecular complexity index is 1300. The van der Waals surface area contributed by atoms with Gasteiger partial charge in [0.25, 0.3) is 0 Å². The fraction of sp³-hybridized carbons (Fsp3) is 0.240. The number of aliphatic hydroxyl groups excluding tert-OH is 2. The van der Waals surface area contributed by atoms with E-state index in [-0.39, 0.29) is 40.9 Å². The molecule has 3 aromatic carbocycles. The molecule has 0 aliphatic carbocycles. The summed E-state index contributed by atoms with van der Waals surface area (Å²) >= 11 is 0. The molecule has 5 N–H and O–H groups in total. The summed E-state index contributed by atoms with van der Waals surface area (Å²) in [5, 5.41) is 50.2. The van der Waals surface area contributed by atoms with Crippen LogP contribution in [0.4, 0.5) is 0 Å². The van der Waals surface area contributed by atoms with E-state index >= 15 is 0 Å². The third kappa shape index (κ3) is 3.82. The number of phenolic OH excluding ortho intramolecular Hbond substituents is 3. The Morgan fingerprint density at radius 3 is 2.29 bits per heavy atom. The Morgan fingerprint density at radius 2 is 1.54 bits per heavy atom. The monoisotopic (exact) mass is 482 g/mol. The molecule has 0 aromatic heterocycles. The summed E-state index contributed by atoms with van der Waals surface area (Å²) < 4.78 is 23.0. The van der Waals surface area contributed by atoms with Crippen molar-refractivity contribution < 1.29 is 49.3 Å². The summed E-state index contributed by atoms with van der Waals surface area (Å²) in [5.41, 5.74) is 0.751. The Labute approximate surface area is 199 Å². The van der Waals surface area contributed by atoms with Crippen LogP contribution in [0, 0.1) is 0 Å². The van der Waals surface area contributed by atoms with Crippen LogP contribution in [-0.2, 0) is 0 Å². The lowest BCUT2D eigenvalue weighted by molar-refractivity contribution is -0.0130. The summed E-state index contributed by atoms with van der Waals surface area (Å²) in [6, 6.07) is 11.5. The number of carbonyl (C=O) groups is 1. The molecular weight excluding hydrogens is 460 g/mol. The molecule has 2 aliphatic heterocycles. The molecule has 10 heteroatoms. The van der Waals surface area contributed by atoms with Gasteiger partial charge in [-0.2, -0.15) is 0 Å². The molecule has 0 amide bonds. The molecule has 182 valence electrons. The van der Waals surface area contributed by atoms with Crippen LogP contribution < -0.4 is 18.9 Å². The van der Waals surface area contributed by atoms with Crippen molar-refractivity contribution in [2.24, 2.45) is 0 Å². The van der Waals surface area contributed by atoms with E-state index in [1.54, 1.807) is 30.3 Å². The number of aliphatic hydroxyl groups is 2. The van der Waals surface area contributed by atoms with Gasteiger partial charge in [0.15, 0.2) is 47.4 Å². The number of fused-ring (bicyclic) bond motifs is 2. The van der Waals surface area contributed by atoms with Gasteiger partial charge < -0.3 is 44.5 Å². The first kappa shape index (κ1) is 22.6. The lowest BCUT2D eigenvalue weighted by Gasteiger charge is -2.35. The molecule has 0 saturated heterocycles. The largest absolute Gasteiger partial charge is 0.508 e. The van der Waals surface area contributed by atoms with Gasteiger partial charge in [-0.15, -0.1) is 0 Å². The minimum atomic E-state index is -1.62. The number of rotatable bonds is 4. The van der Waals surface area contributed by atoms with Crippen molar-refractivity contribution in [3.63, 3.8) is 0 Å². The Morgan fingerprint density at radius 1 is 0.829 bits per heavy atom. The molecule has 0 saturated carbocycles. The Kier molecular flexibility index (Phi) is 5.54. The molecule has 4 atom stereocenters. The highest BCUT2D eigenvalue weighted by Gasteiger charge is 2.40. The van der Waals surface area contributed by atoms with Crippen LogP contribution in [0.1, 0.15) is 33.7 Å². The van der Waals surface area contributed by atoms with Crippen molar-refractivity contribution in [3.8, 4) is 40.2 Å². The van der Waals surface area contributed by atoms with Crippen LogP contribution in [0.3, 0.4) is 0 Å². The van der Waals surface area contributed by atoms with Gasteiger partial charge in [-0.05, 0) is 29.8 Å². The van der Waals surface area contributed by atoms with Gasteiger partial charge >= 0.3 is 0 Å². The minimum Gasteiger partial charge on any atom is -0.508 e. The van der Waals surface area contributed by atoms with Crippen molar-refractivity contribution in [2.75, 3.05) is 13.7 Å². The molecule has 0 spiro atoms. The second kappa shape index (κ2) is 8.57. The van der Waals surface area contributed by atoms with Crippen molar-refractivity contribution in [1.29, 1.82) is 0 Å². The number of methoxy groups -OCH3 is 1. The summed E-state index contributed by atoms with van der Waals surface area (Å²) in [7, 11) is 1.41. The van der Waals surface area contributed by atoms with Gasteiger partial charge in [-0.1, -0.05) is 12.1 Å². The van der Waals surface area contributed by atoms with E-state index in [9.17, 15) is 30.3 Å². The van der Waals surface area contributed by atoms with E-state index in [4.69, 9.17) is 18.9 Å². The van der Waals surface area contributed by atoms with E-state index in [1.807, 2.05) is 0 Å². The van der Waals surface area contributed by atoms with Gasteiger partial charge in [-0.25, -0.2) is 0 Å². The zero-order valence-electron chi connectivity index (χ0n) is 18.4. The van der Waals surface area contributed by atoms with Crippen molar-refractivity contribution in [1.82, 2.24) is 0 Å². The molecule has 0 radical (unpaired) electrons. The average molecular weight is 482 g/mol. The molecule has 5 rings (SSSR count). The van der Waals surface area contributed by atoms with Gasteiger partial charge in [0.2, 0.25) is 5.78 Å². The zero-order valence-corrected chi connectivity index (χ0v) is 18.4. The standard InChI is InChI=1S/C25H22O10/c1-32-17-6-11(2-4-14(17)28)24-20(10-26)33-16-5-3-12(7-18(16)34-24)25-23(31)22(30)21-15(29)8-13(27)9-19(21)35-25/h2-9,20,23-29,31H,10H2,1H3/t20?,23?,24?,25-/m1/s1. The Balaban J connectivity index is 1.49. The number of hydrogen-bond donors (Lipinski definition) is 5. The predicted molar refractivity (Wildman–Crippen MR) is 119 cm³/mol. The molecule has 2 aliphatic rings. The maximum Gasteiger partial charge on any atom is 0.202 e. The number of carbonyl (C=O) groups excluding carboxylic acids is 1. The fourth-order valence-electron chi connectivity index (χ4n) is 4.28. The topological polar surface area (TPSA) is 155 Å². The highest BCUT2D eigenvalue weighted by molar-refractivity contribution is 6.05. The van der Waals surface area contributed by atoms with E-state index in [0.717, 1.165) is 6.07 Å². The van der Waals surface area contributed by atoms with Crippen LogP contribution in [0.2, 0.25) is 0 Å². The first-order chi connectivity index (χ1) is 16.8. The van der Waals surface area contributed by atoms with Crippen LogP contribution >= 0.6 is 0 Å². The van der Waals surface area contributed by atoms with Crippen LogP contribution in [0.25, 0.3) is 0 Å².